The predicted molar refractivity (Wildman–Crippen MR) is 43.5 cm³/mol. The van der Waals surface area contributed by atoms with Crippen LogP contribution >= 0.6 is 23.4 Å². The second-order valence-electron chi connectivity index (χ2n) is 2.20. The molecule has 0 aliphatic rings. The monoisotopic (exact) mass is 234 g/mol. The van der Waals surface area contributed by atoms with Gasteiger partial charge in [0.1, 0.15) is 5.92 Å². The Kier molecular flexibility index (Phi) is 4.77. The second kappa shape index (κ2) is 4.85. The van der Waals surface area contributed by atoms with Gasteiger partial charge in [-0.3, -0.25) is 9.59 Å². The maximum Gasteiger partial charge on any atom is 0.400 e. The van der Waals surface area contributed by atoms with E-state index in [2.05, 4.69) is 0 Å². The molecule has 0 amide bonds. The van der Waals surface area contributed by atoms with Gasteiger partial charge in [0.15, 0.2) is 5.12 Å². The third-order valence-corrected chi connectivity index (χ3v) is 2.29. The predicted octanol–water partition coefficient (Wildman–Crippen LogP) is 2.21. The van der Waals surface area contributed by atoms with E-state index in [1.165, 1.54) is 0 Å². The molecule has 0 bridgehead atoms. The van der Waals surface area contributed by atoms with Gasteiger partial charge in [-0.25, -0.2) is 0 Å². The quantitative estimate of drug-likeness (QED) is 0.702. The van der Waals surface area contributed by atoms with Crippen molar-refractivity contribution < 1.29 is 22.8 Å². The minimum absolute atomic E-state index is 0.430. The Labute approximate surface area is 81.8 Å². The van der Waals surface area contributed by atoms with Gasteiger partial charge in [0, 0.05) is 12.7 Å². The van der Waals surface area contributed by atoms with E-state index in [1.54, 1.807) is 0 Å². The maximum atomic E-state index is 12.0. The summed E-state index contributed by atoms with van der Waals surface area (Å²) in [6, 6.07) is 0. The standard InChI is InChI=1S/C6H6ClF3O2S/c1-3(11)13-2-4(5(7)12)6(8,9)10/h4H,2H2,1H3/t4-/m0/s1. The van der Waals surface area contributed by atoms with Crippen LogP contribution in [0.1, 0.15) is 6.92 Å². The van der Waals surface area contributed by atoms with Gasteiger partial charge < -0.3 is 0 Å². The molecule has 0 aromatic carbocycles. The van der Waals surface area contributed by atoms with Gasteiger partial charge >= 0.3 is 6.18 Å². The topological polar surface area (TPSA) is 34.1 Å². The van der Waals surface area contributed by atoms with Crippen LogP contribution < -0.4 is 0 Å². The number of halogens is 4. The summed E-state index contributed by atoms with van der Waals surface area (Å²) in [6.45, 7) is 1.12. The van der Waals surface area contributed by atoms with Gasteiger partial charge in [0.25, 0.3) is 0 Å². The molecule has 0 aromatic heterocycles. The van der Waals surface area contributed by atoms with Crippen molar-refractivity contribution in [1.82, 2.24) is 0 Å². The summed E-state index contributed by atoms with van der Waals surface area (Å²) in [5, 5.41) is -1.96. The molecule has 0 radical (unpaired) electrons. The summed E-state index contributed by atoms with van der Waals surface area (Å²) in [6.07, 6.45) is -4.68. The van der Waals surface area contributed by atoms with Crippen molar-refractivity contribution in [2.24, 2.45) is 5.92 Å². The fourth-order valence-corrected chi connectivity index (χ4v) is 1.52. The Hall–Kier alpha value is -0.230. The van der Waals surface area contributed by atoms with Gasteiger partial charge in [-0.1, -0.05) is 11.8 Å². The number of alkyl halides is 3. The van der Waals surface area contributed by atoms with Crippen LogP contribution in [0.15, 0.2) is 0 Å². The molecule has 1 atom stereocenters. The van der Waals surface area contributed by atoms with Gasteiger partial charge in [-0.15, -0.1) is 0 Å². The number of carbonyl (C=O) groups excluding carboxylic acids is 2. The first kappa shape index (κ1) is 12.8. The smallest absolute Gasteiger partial charge is 0.288 e. The van der Waals surface area contributed by atoms with Crippen LogP contribution in [0, 0.1) is 5.92 Å². The van der Waals surface area contributed by atoms with Crippen molar-refractivity contribution >= 4 is 33.7 Å². The van der Waals surface area contributed by atoms with Crippen molar-refractivity contribution in [2.45, 2.75) is 13.1 Å². The summed E-state index contributed by atoms with van der Waals surface area (Å²) in [5.41, 5.74) is 0. The molecule has 0 N–H and O–H groups in total. The lowest BCUT2D eigenvalue weighted by Crippen LogP contribution is -2.30. The van der Waals surface area contributed by atoms with Crippen LogP contribution in [-0.2, 0) is 9.59 Å². The Balaban J connectivity index is 4.28. The first-order valence-electron chi connectivity index (χ1n) is 3.14. The lowest BCUT2D eigenvalue weighted by Gasteiger charge is -2.14. The maximum absolute atomic E-state index is 12.0. The highest BCUT2D eigenvalue weighted by Crippen LogP contribution is 2.30. The molecular formula is C6H6ClF3O2S. The average Bonchev–Trinajstić information content (AvgIpc) is 1.81. The zero-order valence-electron chi connectivity index (χ0n) is 6.52. The summed E-state index contributed by atoms with van der Waals surface area (Å²) >= 11 is 5.16. The molecule has 7 heteroatoms. The SMILES string of the molecule is CC(=O)SC[C@@H](C(=O)Cl)C(F)(F)F. The molecule has 0 aliphatic carbocycles. The Morgan fingerprint density at radius 2 is 1.92 bits per heavy atom. The Morgan fingerprint density at radius 3 is 2.15 bits per heavy atom. The number of hydrogen-bond acceptors (Lipinski definition) is 3. The largest absolute Gasteiger partial charge is 0.400 e. The van der Waals surface area contributed by atoms with Gasteiger partial charge in [0.2, 0.25) is 5.24 Å². The van der Waals surface area contributed by atoms with E-state index < -0.39 is 28.2 Å². The van der Waals surface area contributed by atoms with Crippen molar-refractivity contribution in [3.8, 4) is 0 Å². The lowest BCUT2D eigenvalue weighted by molar-refractivity contribution is -0.171. The summed E-state index contributed by atoms with van der Waals surface area (Å²) in [5.74, 6) is -2.91. The highest BCUT2D eigenvalue weighted by Gasteiger charge is 2.44. The molecule has 0 unspecified atom stereocenters. The average molecular weight is 235 g/mol. The first-order chi connectivity index (χ1) is 5.75. The van der Waals surface area contributed by atoms with Crippen LogP contribution in [-0.4, -0.2) is 22.3 Å². The zero-order valence-corrected chi connectivity index (χ0v) is 8.09. The fourth-order valence-electron chi connectivity index (χ4n) is 0.489. The minimum Gasteiger partial charge on any atom is -0.288 e. The van der Waals surface area contributed by atoms with Gasteiger partial charge in [0.05, 0.1) is 0 Å². The van der Waals surface area contributed by atoms with E-state index in [0.717, 1.165) is 6.92 Å². The van der Waals surface area contributed by atoms with E-state index in [4.69, 9.17) is 11.6 Å². The molecule has 13 heavy (non-hydrogen) atoms. The molecule has 76 valence electrons. The lowest BCUT2D eigenvalue weighted by atomic mass is 10.2. The molecule has 0 saturated carbocycles. The third kappa shape index (κ3) is 5.15. The fraction of sp³-hybridized carbons (Fsp3) is 0.667. The van der Waals surface area contributed by atoms with E-state index in [-0.39, 0.29) is 0 Å². The normalized spacial score (nSPS) is 13.9. The van der Waals surface area contributed by atoms with Crippen LogP contribution in [0.25, 0.3) is 0 Å². The van der Waals surface area contributed by atoms with Crippen molar-refractivity contribution in [3.05, 3.63) is 0 Å². The molecule has 2 nitrogen and oxygen atoms in total. The van der Waals surface area contributed by atoms with Gasteiger partial charge in [-0.2, -0.15) is 13.2 Å². The summed E-state index contributed by atoms with van der Waals surface area (Å²) < 4.78 is 36.0. The molecule has 0 spiro atoms. The van der Waals surface area contributed by atoms with Crippen LogP contribution in [0.4, 0.5) is 13.2 Å². The van der Waals surface area contributed by atoms with E-state index >= 15 is 0 Å². The van der Waals surface area contributed by atoms with E-state index in [1.807, 2.05) is 0 Å². The number of thioether (sulfide) groups is 1. The molecule has 0 heterocycles. The van der Waals surface area contributed by atoms with Crippen LogP contribution in [0.5, 0.6) is 0 Å². The van der Waals surface area contributed by atoms with Crippen molar-refractivity contribution in [3.63, 3.8) is 0 Å². The summed E-state index contributed by atoms with van der Waals surface area (Å²) in [7, 11) is 0. The van der Waals surface area contributed by atoms with Crippen LogP contribution in [0.3, 0.4) is 0 Å². The zero-order chi connectivity index (χ0) is 10.6. The molecular weight excluding hydrogens is 229 g/mol. The number of carbonyl (C=O) groups is 2. The van der Waals surface area contributed by atoms with Crippen LogP contribution in [0.2, 0.25) is 0 Å². The molecule has 0 saturated heterocycles. The van der Waals surface area contributed by atoms with E-state index in [9.17, 15) is 22.8 Å². The Bertz CT molecular complexity index is 216. The molecule has 0 rings (SSSR count). The highest BCUT2D eigenvalue weighted by molar-refractivity contribution is 8.13. The minimum atomic E-state index is -4.68. The van der Waals surface area contributed by atoms with Gasteiger partial charge in [-0.05, 0) is 11.6 Å². The third-order valence-electron chi connectivity index (χ3n) is 1.12. The molecule has 0 aromatic rings. The van der Waals surface area contributed by atoms with Crippen molar-refractivity contribution in [2.75, 3.05) is 5.75 Å². The molecule has 0 fully saturated rings. The van der Waals surface area contributed by atoms with E-state index in [0.29, 0.717) is 11.8 Å². The summed E-state index contributed by atoms with van der Waals surface area (Å²) in [4.78, 5) is 20.7. The number of hydrogen-bond donors (Lipinski definition) is 0. The second-order valence-corrected chi connectivity index (χ2v) is 3.77. The molecule has 0 aliphatic heterocycles. The number of rotatable bonds is 3. The van der Waals surface area contributed by atoms with Crippen molar-refractivity contribution in [1.29, 1.82) is 0 Å². The Morgan fingerprint density at radius 1 is 1.46 bits per heavy atom. The first-order valence-corrected chi connectivity index (χ1v) is 4.51. The highest BCUT2D eigenvalue weighted by atomic mass is 35.5.